The van der Waals surface area contributed by atoms with Gasteiger partial charge in [-0.15, -0.1) is 0 Å². The molecule has 4 unspecified atom stereocenters. The molecule has 0 aromatic rings. The van der Waals surface area contributed by atoms with Gasteiger partial charge in [-0.05, 0) is 49.5 Å². The Hall–Kier alpha value is -1.69. The van der Waals surface area contributed by atoms with Gasteiger partial charge < -0.3 is 26.2 Å². The second kappa shape index (κ2) is 18.1. The minimum Gasteiger partial charge on any atom is -0.349 e. The molecule has 3 amide bonds. The summed E-state index contributed by atoms with van der Waals surface area (Å²) in [5, 5.41) is 12.6. The van der Waals surface area contributed by atoms with Crippen LogP contribution in [0.1, 0.15) is 100 Å². The highest BCUT2D eigenvalue weighted by atomic mass is 32.1. The van der Waals surface area contributed by atoms with Crippen molar-refractivity contribution < 1.29 is 19.2 Å². The average molecular weight is 599 g/mol. The number of hydrogen-bond acceptors (Lipinski definition) is 8. The third-order valence-corrected chi connectivity index (χ3v) is 7.82. The molecule has 0 saturated carbocycles. The van der Waals surface area contributed by atoms with Gasteiger partial charge in [0.1, 0.15) is 6.04 Å². The third-order valence-electron chi connectivity index (χ3n) is 7.59. The van der Waals surface area contributed by atoms with E-state index in [0.29, 0.717) is 51.7 Å². The first-order chi connectivity index (χ1) is 19.2. The summed E-state index contributed by atoms with van der Waals surface area (Å²) in [6.07, 6.45) is 4.80. The smallest absolute Gasteiger partial charge is 0.289 e. The van der Waals surface area contributed by atoms with Crippen molar-refractivity contribution in [1.29, 1.82) is 0 Å². The lowest BCUT2D eigenvalue weighted by Crippen LogP contribution is -2.62. The lowest BCUT2D eigenvalue weighted by Gasteiger charge is -2.41. The first-order valence-electron chi connectivity index (χ1n) is 15.5. The van der Waals surface area contributed by atoms with E-state index < -0.39 is 35.2 Å². The Bertz CT molecular complexity index is 842. The maximum absolute atomic E-state index is 14.1. The summed E-state index contributed by atoms with van der Waals surface area (Å²) in [5.74, 6) is -1.78. The van der Waals surface area contributed by atoms with E-state index in [9.17, 15) is 19.2 Å². The summed E-state index contributed by atoms with van der Waals surface area (Å²) in [7, 11) is 0. The van der Waals surface area contributed by atoms with Crippen LogP contribution in [0.3, 0.4) is 0 Å². The Kier molecular flexibility index (Phi) is 16.5. The molecule has 11 heteroatoms. The number of rotatable bonds is 18. The van der Waals surface area contributed by atoms with E-state index in [4.69, 9.17) is 0 Å². The van der Waals surface area contributed by atoms with Gasteiger partial charge in [0.25, 0.3) is 5.91 Å². The van der Waals surface area contributed by atoms with E-state index in [-0.39, 0.29) is 23.3 Å². The first kappa shape index (κ1) is 37.3. The molecule has 1 heterocycles. The summed E-state index contributed by atoms with van der Waals surface area (Å²) in [5.41, 5.74) is -0.525. The van der Waals surface area contributed by atoms with Crippen molar-refractivity contribution in [2.24, 2.45) is 10.8 Å². The predicted octanol–water partition coefficient (Wildman–Crippen LogP) is 2.58. The molecule has 1 aliphatic heterocycles. The number of ketones is 1. The van der Waals surface area contributed by atoms with Gasteiger partial charge in [0.2, 0.25) is 17.6 Å². The van der Waals surface area contributed by atoms with Crippen molar-refractivity contribution >= 4 is 36.3 Å². The lowest BCUT2D eigenvalue weighted by molar-refractivity contribution is -0.144. The molecule has 41 heavy (non-hydrogen) atoms. The van der Waals surface area contributed by atoms with Crippen LogP contribution in [0.25, 0.3) is 0 Å². The molecule has 0 spiro atoms. The summed E-state index contributed by atoms with van der Waals surface area (Å²) >= 11 is 4.04. The fourth-order valence-corrected chi connectivity index (χ4v) is 5.10. The number of thiol groups is 1. The Morgan fingerprint density at radius 2 is 1.61 bits per heavy atom. The molecule has 1 fully saturated rings. The molecule has 10 nitrogen and oxygen atoms in total. The van der Waals surface area contributed by atoms with Crippen LogP contribution in [-0.4, -0.2) is 85.3 Å². The van der Waals surface area contributed by atoms with Crippen LogP contribution in [0.5, 0.6) is 0 Å². The number of likely N-dealkylation sites (tertiary alicyclic amines) is 1. The number of carbonyl (C=O) groups is 4. The molecular weight excluding hydrogens is 540 g/mol. The van der Waals surface area contributed by atoms with E-state index in [0.717, 1.165) is 25.9 Å². The SMILES string of the molecule is CCCCC(NC(=O)C1CCCN1C(=O)C(NC(CNCCCNS)C(C)(C)C)C(C)(C)C)C(=O)C(=O)NCCC. The van der Waals surface area contributed by atoms with Crippen LogP contribution in [-0.2, 0) is 19.2 Å². The van der Waals surface area contributed by atoms with Crippen molar-refractivity contribution in [3.05, 3.63) is 0 Å². The second-order valence-corrected chi connectivity index (χ2v) is 13.7. The number of carbonyl (C=O) groups excluding carboxylic acids is 4. The highest BCUT2D eigenvalue weighted by Gasteiger charge is 2.43. The highest BCUT2D eigenvalue weighted by Crippen LogP contribution is 2.29. The van der Waals surface area contributed by atoms with Crippen molar-refractivity contribution in [1.82, 2.24) is 30.9 Å². The molecule has 4 atom stereocenters. The fourth-order valence-electron chi connectivity index (χ4n) is 4.94. The predicted molar refractivity (Wildman–Crippen MR) is 169 cm³/mol. The minimum absolute atomic E-state index is 0.00666. The molecule has 5 N–H and O–H groups in total. The van der Waals surface area contributed by atoms with Crippen LogP contribution in [0.4, 0.5) is 0 Å². The quantitative estimate of drug-likeness (QED) is 0.0812. The van der Waals surface area contributed by atoms with Gasteiger partial charge >= 0.3 is 0 Å². The van der Waals surface area contributed by atoms with Gasteiger partial charge in [0.05, 0.1) is 12.1 Å². The van der Waals surface area contributed by atoms with Crippen LogP contribution in [0.15, 0.2) is 0 Å². The first-order valence-corrected chi connectivity index (χ1v) is 15.9. The van der Waals surface area contributed by atoms with E-state index in [1.165, 1.54) is 0 Å². The third kappa shape index (κ3) is 12.6. The largest absolute Gasteiger partial charge is 0.349 e. The number of Topliss-reactive ketones (excluding diaryl/α,β-unsaturated/α-hetero) is 1. The van der Waals surface area contributed by atoms with Crippen LogP contribution in [0.2, 0.25) is 0 Å². The van der Waals surface area contributed by atoms with Gasteiger partial charge in [-0.3, -0.25) is 23.9 Å². The summed E-state index contributed by atoms with van der Waals surface area (Å²) in [6, 6.07) is -2.09. The Morgan fingerprint density at radius 1 is 0.927 bits per heavy atom. The Labute approximate surface area is 254 Å². The molecule has 0 aromatic carbocycles. The molecule has 0 aliphatic carbocycles. The number of nitrogens with zero attached hydrogens (tertiary/aromatic N) is 1. The molecular formula is C30H58N6O4S. The minimum atomic E-state index is -0.900. The summed E-state index contributed by atoms with van der Waals surface area (Å²) < 4.78 is 2.86. The summed E-state index contributed by atoms with van der Waals surface area (Å²) in [4.78, 5) is 54.6. The van der Waals surface area contributed by atoms with E-state index in [2.05, 4.69) is 59.6 Å². The van der Waals surface area contributed by atoms with Crippen molar-refractivity contribution in [2.45, 2.75) is 125 Å². The van der Waals surface area contributed by atoms with Gasteiger partial charge in [-0.2, -0.15) is 0 Å². The topological polar surface area (TPSA) is 132 Å². The van der Waals surface area contributed by atoms with E-state index in [1.807, 2.05) is 34.6 Å². The zero-order valence-corrected chi connectivity index (χ0v) is 27.7. The van der Waals surface area contributed by atoms with Crippen LogP contribution >= 0.6 is 12.8 Å². The molecule has 1 aliphatic rings. The summed E-state index contributed by atoms with van der Waals surface area (Å²) in [6.45, 7) is 19.7. The number of nitrogens with one attached hydrogen (secondary N) is 5. The van der Waals surface area contributed by atoms with Gasteiger partial charge in [0, 0.05) is 32.2 Å². The van der Waals surface area contributed by atoms with Crippen molar-refractivity contribution in [3.8, 4) is 0 Å². The standard InChI is InChI=1S/C30H58N6O4S/c1-9-11-14-21(24(37)27(39)32-16-10-2)34-26(38)22-15-12-19-36(22)28(40)25(30(6,7)8)35-23(29(3,4)5)20-31-17-13-18-33-41/h21-23,25,31,33,35,41H,9-20H2,1-8H3,(H,32,39)(H,34,38). The molecule has 1 saturated heterocycles. The Balaban J connectivity index is 3.09. The van der Waals surface area contributed by atoms with Gasteiger partial charge in [-0.25, -0.2) is 0 Å². The normalized spacial score (nSPS) is 18.1. The zero-order valence-electron chi connectivity index (χ0n) is 26.8. The average Bonchev–Trinajstić information content (AvgIpc) is 3.39. The van der Waals surface area contributed by atoms with Crippen molar-refractivity contribution in [3.63, 3.8) is 0 Å². The van der Waals surface area contributed by atoms with Gasteiger partial charge in [-0.1, -0.05) is 81.0 Å². The van der Waals surface area contributed by atoms with E-state index in [1.54, 1.807) is 4.90 Å². The number of amides is 3. The van der Waals surface area contributed by atoms with Crippen molar-refractivity contribution in [2.75, 3.05) is 32.7 Å². The van der Waals surface area contributed by atoms with Gasteiger partial charge in [0.15, 0.2) is 0 Å². The fraction of sp³-hybridized carbons (Fsp3) is 0.867. The van der Waals surface area contributed by atoms with E-state index >= 15 is 0 Å². The monoisotopic (exact) mass is 598 g/mol. The lowest BCUT2D eigenvalue weighted by atomic mass is 9.81. The molecule has 0 aromatic heterocycles. The second-order valence-electron chi connectivity index (χ2n) is 13.4. The number of unbranched alkanes of at least 4 members (excludes halogenated alkanes) is 1. The zero-order chi connectivity index (χ0) is 31.2. The number of hydrogen-bond donors (Lipinski definition) is 6. The maximum atomic E-state index is 14.1. The molecule has 238 valence electrons. The van der Waals surface area contributed by atoms with Crippen LogP contribution < -0.4 is 26.0 Å². The highest BCUT2D eigenvalue weighted by molar-refractivity contribution is 7.78. The Morgan fingerprint density at radius 3 is 2.17 bits per heavy atom. The molecule has 0 bridgehead atoms. The molecule has 1 rings (SSSR count). The maximum Gasteiger partial charge on any atom is 0.289 e. The van der Waals surface area contributed by atoms with Crippen LogP contribution in [0, 0.1) is 10.8 Å². The molecule has 0 radical (unpaired) electrons.